The lowest BCUT2D eigenvalue weighted by atomic mass is 10.1. The predicted molar refractivity (Wildman–Crippen MR) is 68.6 cm³/mol. The van der Waals surface area contributed by atoms with Gasteiger partial charge in [0.1, 0.15) is 0 Å². The number of rotatable bonds is 2. The Hall–Kier alpha value is -2.08. The van der Waals surface area contributed by atoms with E-state index >= 15 is 0 Å². The standard InChI is InChI=1S/C13H8ClF3N2O/c14-9-3-4-11(10(6-9)13(15,16)17)19-12(20)8-2-1-5-18-7-8/h1-7H,(H,19,20). The Balaban J connectivity index is 2.33. The van der Waals surface area contributed by atoms with Crippen LogP contribution >= 0.6 is 11.6 Å². The zero-order chi connectivity index (χ0) is 14.8. The first-order valence-electron chi connectivity index (χ1n) is 5.46. The average molecular weight is 301 g/mol. The summed E-state index contributed by atoms with van der Waals surface area (Å²) in [5, 5.41) is 2.14. The number of anilines is 1. The maximum Gasteiger partial charge on any atom is 0.418 e. The second kappa shape index (κ2) is 5.50. The minimum Gasteiger partial charge on any atom is -0.321 e. The lowest BCUT2D eigenvalue weighted by Gasteiger charge is -2.14. The first-order chi connectivity index (χ1) is 9.38. The monoisotopic (exact) mass is 300 g/mol. The molecule has 0 unspecified atom stereocenters. The average Bonchev–Trinajstić information content (AvgIpc) is 2.40. The second-order valence-corrected chi connectivity index (χ2v) is 4.32. The molecule has 0 saturated heterocycles. The van der Waals surface area contributed by atoms with Crippen molar-refractivity contribution in [2.75, 3.05) is 5.32 Å². The van der Waals surface area contributed by atoms with Crippen LogP contribution in [0.4, 0.5) is 18.9 Å². The highest BCUT2D eigenvalue weighted by atomic mass is 35.5. The summed E-state index contributed by atoms with van der Waals surface area (Å²) < 4.78 is 38.6. The molecule has 2 aromatic rings. The van der Waals surface area contributed by atoms with Gasteiger partial charge >= 0.3 is 6.18 Å². The van der Waals surface area contributed by atoms with E-state index in [9.17, 15) is 18.0 Å². The molecule has 0 aliphatic carbocycles. The number of pyridine rings is 1. The fourth-order valence-corrected chi connectivity index (χ4v) is 1.72. The molecule has 104 valence electrons. The first-order valence-corrected chi connectivity index (χ1v) is 5.84. The van der Waals surface area contributed by atoms with Gasteiger partial charge in [-0.1, -0.05) is 11.6 Å². The molecule has 1 N–H and O–H groups in total. The van der Waals surface area contributed by atoms with Crippen molar-refractivity contribution >= 4 is 23.2 Å². The summed E-state index contributed by atoms with van der Waals surface area (Å²) in [4.78, 5) is 15.6. The smallest absolute Gasteiger partial charge is 0.321 e. The fraction of sp³-hybridized carbons (Fsp3) is 0.0769. The summed E-state index contributed by atoms with van der Waals surface area (Å²) in [6.45, 7) is 0. The highest BCUT2D eigenvalue weighted by Gasteiger charge is 2.34. The van der Waals surface area contributed by atoms with Gasteiger partial charge in [-0.15, -0.1) is 0 Å². The number of aromatic nitrogens is 1. The van der Waals surface area contributed by atoms with Crippen molar-refractivity contribution in [2.45, 2.75) is 6.18 Å². The third-order valence-corrected chi connectivity index (χ3v) is 2.69. The van der Waals surface area contributed by atoms with Crippen molar-refractivity contribution in [3.8, 4) is 0 Å². The maximum absolute atomic E-state index is 12.9. The van der Waals surface area contributed by atoms with Crippen LogP contribution in [0.1, 0.15) is 15.9 Å². The number of hydrogen-bond acceptors (Lipinski definition) is 2. The van der Waals surface area contributed by atoms with Crippen LogP contribution in [0.15, 0.2) is 42.7 Å². The van der Waals surface area contributed by atoms with Gasteiger partial charge in [0.15, 0.2) is 0 Å². The van der Waals surface area contributed by atoms with Crippen molar-refractivity contribution in [1.82, 2.24) is 4.98 Å². The molecule has 7 heteroatoms. The quantitative estimate of drug-likeness (QED) is 0.910. The molecule has 1 aromatic carbocycles. The van der Waals surface area contributed by atoms with Crippen LogP contribution in [0.5, 0.6) is 0 Å². The van der Waals surface area contributed by atoms with Crippen LogP contribution in [0.25, 0.3) is 0 Å². The zero-order valence-electron chi connectivity index (χ0n) is 9.91. The molecule has 0 aliphatic rings. The van der Waals surface area contributed by atoms with E-state index in [0.29, 0.717) is 0 Å². The topological polar surface area (TPSA) is 42.0 Å². The van der Waals surface area contributed by atoms with E-state index in [1.54, 1.807) is 0 Å². The van der Waals surface area contributed by atoms with Gasteiger partial charge in [0.05, 0.1) is 16.8 Å². The summed E-state index contributed by atoms with van der Waals surface area (Å²) in [7, 11) is 0. The number of hydrogen-bond donors (Lipinski definition) is 1. The predicted octanol–water partition coefficient (Wildman–Crippen LogP) is 4.01. The number of carbonyl (C=O) groups excluding carboxylic acids is 1. The summed E-state index contributed by atoms with van der Waals surface area (Å²) in [5.41, 5.74) is -1.19. The van der Waals surface area contributed by atoms with Crippen LogP contribution in [0.2, 0.25) is 5.02 Å². The van der Waals surface area contributed by atoms with Crippen LogP contribution in [0, 0.1) is 0 Å². The number of amides is 1. The minimum atomic E-state index is -4.61. The second-order valence-electron chi connectivity index (χ2n) is 3.88. The van der Waals surface area contributed by atoms with Crippen molar-refractivity contribution in [1.29, 1.82) is 0 Å². The van der Waals surface area contributed by atoms with Crippen molar-refractivity contribution in [3.05, 3.63) is 58.9 Å². The van der Waals surface area contributed by atoms with Gasteiger partial charge in [-0.2, -0.15) is 13.2 Å². The van der Waals surface area contributed by atoms with Gasteiger partial charge in [-0.05, 0) is 30.3 Å². The molecule has 2 rings (SSSR count). The van der Waals surface area contributed by atoms with E-state index in [4.69, 9.17) is 11.6 Å². The highest BCUT2D eigenvalue weighted by Crippen LogP contribution is 2.36. The lowest BCUT2D eigenvalue weighted by Crippen LogP contribution is -2.16. The summed E-state index contributed by atoms with van der Waals surface area (Å²) >= 11 is 5.55. The number of nitrogens with one attached hydrogen (secondary N) is 1. The SMILES string of the molecule is O=C(Nc1ccc(Cl)cc1C(F)(F)F)c1cccnc1. The molecule has 0 bridgehead atoms. The maximum atomic E-state index is 12.9. The first kappa shape index (κ1) is 14.3. The number of nitrogens with zero attached hydrogens (tertiary/aromatic N) is 1. The van der Waals surface area contributed by atoms with E-state index < -0.39 is 17.6 Å². The Morgan fingerprint density at radius 1 is 1.25 bits per heavy atom. The van der Waals surface area contributed by atoms with Crippen LogP contribution < -0.4 is 5.32 Å². The van der Waals surface area contributed by atoms with Gasteiger partial charge in [0.25, 0.3) is 5.91 Å². The minimum absolute atomic E-state index is 0.0586. The third kappa shape index (κ3) is 3.27. The number of halogens is 4. The lowest BCUT2D eigenvalue weighted by molar-refractivity contribution is -0.136. The van der Waals surface area contributed by atoms with Gasteiger partial charge in [0.2, 0.25) is 0 Å². The van der Waals surface area contributed by atoms with E-state index in [2.05, 4.69) is 10.3 Å². The third-order valence-electron chi connectivity index (χ3n) is 2.46. The molecule has 0 aliphatic heterocycles. The Morgan fingerprint density at radius 2 is 2.00 bits per heavy atom. The van der Waals surface area contributed by atoms with Crippen molar-refractivity contribution < 1.29 is 18.0 Å². The zero-order valence-corrected chi connectivity index (χ0v) is 10.7. The largest absolute Gasteiger partial charge is 0.418 e. The molecule has 0 saturated carbocycles. The van der Waals surface area contributed by atoms with Gasteiger partial charge in [-0.3, -0.25) is 9.78 Å². The molecule has 0 atom stereocenters. The molecular weight excluding hydrogens is 293 g/mol. The fourth-order valence-electron chi connectivity index (χ4n) is 1.55. The Labute approximate surface area is 117 Å². The van der Waals surface area contributed by atoms with Gasteiger partial charge in [0, 0.05) is 17.4 Å². The number of alkyl halides is 3. The van der Waals surface area contributed by atoms with E-state index in [0.717, 1.165) is 12.1 Å². The Morgan fingerprint density at radius 3 is 2.60 bits per heavy atom. The van der Waals surface area contributed by atoms with Crippen LogP contribution in [-0.4, -0.2) is 10.9 Å². The molecule has 3 nitrogen and oxygen atoms in total. The van der Waals surface area contributed by atoms with E-state index in [1.807, 2.05) is 0 Å². The van der Waals surface area contributed by atoms with Gasteiger partial charge in [-0.25, -0.2) is 0 Å². The van der Waals surface area contributed by atoms with Crippen molar-refractivity contribution in [3.63, 3.8) is 0 Å². The van der Waals surface area contributed by atoms with Gasteiger partial charge < -0.3 is 5.32 Å². The molecule has 0 fully saturated rings. The molecule has 1 aromatic heterocycles. The number of benzene rings is 1. The summed E-state index contributed by atoms with van der Waals surface area (Å²) in [6.07, 6.45) is -1.89. The van der Waals surface area contributed by atoms with Crippen LogP contribution in [0.3, 0.4) is 0 Å². The van der Waals surface area contributed by atoms with E-state index in [1.165, 1.54) is 30.6 Å². The normalized spacial score (nSPS) is 11.2. The summed E-state index contributed by atoms with van der Waals surface area (Å²) in [5.74, 6) is -0.675. The van der Waals surface area contributed by atoms with E-state index in [-0.39, 0.29) is 16.3 Å². The van der Waals surface area contributed by atoms with Crippen molar-refractivity contribution in [2.24, 2.45) is 0 Å². The van der Waals surface area contributed by atoms with Crippen LogP contribution in [-0.2, 0) is 6.18 Å². The molecule has 20 heavy (non-hydrogen) atoms. The summed E-state index contributed by atoms with van der Waals surface area (Å²) in [6, 6.07) is 6.11. The Bertz CT molecular complexity index is 629. The molecule has 0 radical (unpaired) electrons. The molecule has 1 heterocycles. The number of carbonyl (C=O) groups is 1. The molecular formula is C13H8ClF3N2O. The molecule has 0 spiro atoms. The Kier molecular flexibility index (Phi) is 3.94. The molecule has 1 amide bonds. The highest BCUT2D eigenvalue weighted by molar-refractivity contribution is 6.30.